The second-order valence-corrected chi connectivity index (χ2v) is 8.01. The lowest BCUT2D eigenvalue weighted by Crippen LogP contribution is -2.25. The van der Waals surface area contributed by atoms with Gasteiger partial charge >= 0.3 is 0 Å². The van der Waals surface area contributed by atoms with Gasteiger partial charge in [-0.25, -0.2) is 0 Å². The summed E-state index contributed by atoms with van der Waals surface area (Å²) in [6.07, 6.45) is 6.36. The molecule has 1 aromatic rings. The Morgan fingerprint density at radius 2 is 1.94 bits per heavy atom. The van der Waals surface area contributed by atoms with Crippen molar-refractivity contribution in [1.29, 1.82) is 0 Å². The van der Waals surface area contributed by atoms with Gasteiger partial charge in [-0.2, -0.15) is 8.78 Å². The summed E-state index contributed by atoms with van der Waals surface area (Å²) in [7, 11) is 0. The summed E-state index contributed by atoms with van der Waals surface area (Å²) in [6.45, 7) is -0.666. The Hall–Kier alpha value is -2.29. The molecule has 2 rings (SSSR count). The van der Waals surface area contributed by atoms with Crippen molar-refractivity contribution in [2.24, 2.45) is 11.8 Å². The highest BCUT2D eigenvalue weighted by Gasteiger charge is 2.40. The van der Waals surface area contributed by atoms with Crippen molar-refractivity contribution in [2.75, 3.05) is 19.8 Å². The van der Waals surface area contributed by atoms with Crippen LogP contribution in [0.25, 0.3) is 0 Å². The zero-order valence-electron chi connectivity index (χ0n) is 18.1. The predicted octanol–water partition coefficient (Wildman–Crippen LogP) is 2.84. The zero-order chi connectivity index (χ0) is 23.4. The van der Waals surface area contributed by atoms with E-state index in [0.29, 0.717) is 31.4 Å². The molecular weight excluding hydrogens is 420 g/mol. The molecule has 0 aromatic heterocycles. The molecule has 8 heteroatoms. The van der Waals surface area contributed by atoms with E-state index in [1.807, 2.05) is 12.2 Å². The molecule has 4 atom stereocenters. The lowest BCUT2D eigenvalue weighted by molar-refractivity contribution is -0.121. The van der Waals surface area contributed by atoms with Crippen LogP contribution >= 0.6 is 0 Å². The molecule has 0 unspecified atom stereocenters. The maximum Gasteiger partial charge on any atom is 0.299 e. The number of unbranched alkanes of at least 4 members (excludes halogenated alkanes) is 1. The Morgan fingerprint density at radius 1 is 1.19 bits per heavy atom. The Morgan fingerprint density at radius 3 is 2.66 bits per heavy atom. The van der Waals surface area contributed by atoms with Crippen LogP contribution in [-0.4, -0.2) is 59.1 Å². The molecule has 0 saturated heterocycles. The molecule has 0 radical (unpaired) electrons. The standard InChI is InChI=1S/C24H33F2NO5/c25-24(26,17-32-18-8-4-3-5-9-18)13-12-20-19(21(29)16-22(20)30)10-6-1-2-7-11-23(31)27-14-15-28/h1,3-6,8-9,12-13,19-22,28-30H,2,7,10-11,14-17H2,(H,27,31)/b6-1-,13-12+/t19-,20-,21+,22-/m1/s1. The quantitative estimate of drug-likeness (QED) is 0.272. The van der Waals surface area contributed by atoms with E-state index in [9.17, 15) is 23.8 Å². The van der Waals surface area contributed by atoms with E-state index in [1.165, 1.54) is 6.08 Å². The number of para-hydroxylation sites is 1. The number of nitrogens with one attached hydrogen (secondary N) is 1. The van der Waals surface area contributed by atoms with Crippen LogP contribution in [0.15, 0.2) is 54.6 Å². The van der Waals surface area contributed by atoms with E-state index < -0.39 is 30.7 Å². The van der Waals surface area contributed by atoms with Gasteiger partial charge < -0.3 is 25.4 Å². The average Bonchev–Trinajstić information content (AvgIpc) is 3.04. The number of halogens is 2. The lowest BCUT2D eigenvalue weighted by atomic mass is 9.89. The fourth-order valence-corrected chi connectivity index (χ4v) is 3.74. The largest absolute Gasteiger partial charge is 0.487 e. The van der Waals surface area contributed by atoms with Crippen molar-refractivity contribution < 1.29 is 33.6 Å². The molecule has 1 aliphatic rings. The first-order chi connectivity index (χ1) is 15.3. The first-order valence-electron chi connectivity index (χ1n) is 11.0. The van der Waals surface area contributed by atoms with E-state index in [-0.39, 0.29) is 31.4 Å². The van der Waals surface area contributed by atoms with Crippen LogP contribution in [0.3, 0.4) is 0 Å². The van der Waals surface area contributed by atoms with Gasteiger partial charge in [0.15, 0.2) is 6.61 Å². The number of carbonyl (C=O) groups excluding carboxylic acids is 1. The molecule has 1 saturated carbocycles. The van der Waals surface area contributed by atoms with Crippen LogP contribution < -0.4 is 10.1 Å². The van der Waals surface area contributed by atoms with Crippen molar-refractivity contribution >= 4 is 5.91 Å². The van der Waals surface area contributed by atoms with Gasteiger partial charge in [-0.05, 0) is 43.4 Å². The van der Waals surface area contributed by atoms with Crippen molar-refractivity contribution in [2.45, 2.75) is 50.2 Å². The summed E-state index contributed by atoms with van der Waals surface area (Å²) < 4.78 is 33.6. The highest BCUT2D eigenvalue weighted by atomic mass is 19.3. The summed E-state index contributed by atoms with van der Waals surface area (Å²) in [5.74, 6) is -3.92. The first-order valence-corrected chi connectivity index (χ1v) is 11.0. The molecule has 6 nitrogen and oxygen atoms in total. The number of carbonyl (C=O) groups is 1. The average molecular weight is 454 g/mol. The van der Waals surface area contributed by atoms with Crippen molar-refractivity contribution in [3.63, 3.8) is 0 Å². The van der Waals surface area contributed by atoms with Gasteiger partial charge in [-0.3, -0.25) is 4.79 Å². The SMILES string of the molecule is O=C(CCC/C=C\C[C@@H]1[C@@H](/C=C/C(F)(F)COc2ccccc2)[C@H](O)C[C@@H]1O)NCCO. The summed E-state index contributed by atoms with van der Waals surface area (Å²) in [4.78, 5) is 11.5. The second-order valence-electron chi connectivity index (χ2n) is 8.01. The number of hydrogen-bond acceptors (Lipinski definition) is 5. The number of aliphatic hydroxyl groups excluding tert-OH is 3. The fourth-order valence-electron chi connectivity index (χ4n) is 3.74. The molecule has 0 heterocycles. The molecule has 178 valence electrons. The smallest absolute Gasteiger partial charge is 0.299 e. The molecule has 1 aliphatic carbocycles. The number of ether oxygens (including phenoxy) is 1. The van der Waals surface area contributed by atoms with Crippen LogP contribution in [0.1, 0.15) is 32.1 Å². The monoisotopic (exact) mass is 453 g/mol. The number of aliphatic hydroxyl groups is 3. The fraction of sp³-hybridized carbons (Fsp3) is 0.542. The predicted molar refractivity (Wildman–Crippen MR) is 117 cm³/mol. The van der Waals surface area contributed by atoms with Gasteiger partial charge in [0, 0.05) is 25.3 Å². The molecule has 4 N–H and O–H groups in total. The van der Waals surface area contributed by atoms with Crippen LogP contribution in [0, 0.1) is 11.8 Å². The van der Waals surface area contributed by atoms with Crippen molar-refractivity contribution in [3.8, 4) is 5.75 Å². The minimum absolute atomic E-state index is 0.0944. The highest BCUT2D eigenvalue weighted by Crippen LogP contribution is 2.37. The molecule has 0 bridgehead atoms. The van der Waals surface area contributed by atoms with E-state index in [4.69, 9.17) is 9.84 Å². The van der Waals surface area contributed by atoms with E-state index >= 15 is 0 Å². The van der Waals surface area contributed by atoms with Gasteiger partial charge in [0.2, 0.25) is 5.91 Å². The molecule has 0 aliphatic heterocycles. The lowest BCUT2D eigenvalue weighted by Gasteiger charge is -2.20. The summed E-state index contributed by atoms with van der Waals surface area (Å²) >= 11 is 0. The molecule has 1 fully saturated rings. The normalized spacial score (nSPS) is 23.8. The Balaban J connectivity index is 1.82. The molecular formula is C24H33F2NO5. The Kier molecular flexibility index (Phi) is 10.8. The third-order valence-corrected chi connectivity index (χ3v) is 5.44. The van der Waals surface area contributed by atoms with Gasteiger partial charge in [0.25, 0.3) is 5.92 Å². The maximum atomic E-state index is 14.2. The number of hydrogen-bond donors (Lipinski definition) is 4. The van der Waals surface area contributed by atoms with Crippen LogP contribution in [0.2, 0.25) is 0 Å². The maximum absolute atomic E-state index is 14.2. The number of allylic oxidation sites excluding steroid dienone is 2. The summed E-state index contributed by atoms with van der Waals surface area (Å²) in [6, 6.07) is 8.36. The van der Waals surface area contributed by atoms with E-state index in [2.05, 4.69) is 5.32 Å². The molecule has 1 aromatic carbocycles. The minimum atomic E-state index is -3.21. The second kappa shape index (κ2) is 13.3. The zero-order valence-corrected chi connectivity index (χ0v) is 18.1. The third-order valence-electron chi connectivity index (χ3n) is 5.44. The van der Waals surface area contributed by atoms with Gasteiger partial charge in [0.05, 0.1) is 18.8 Å². The van der Waals surface area contributed by atoms with Crippen LogP contribution in [-0.2, 0) is 4.79 Å². The number of benzene rings is 1. The van der Waals surface area contributed by atoms with Crippen LogP contribution in [0.4, 0.5) is 8.78 Å². The van der Waals surface area contributed by atoms with E-state index in [0.717, 1.165) is 6.08 Å². The number of rotatable bonds is 13. The van der Waals surface area contributed by atoms with E-state index in [1.54, 1.807) is 30.3 Å². The third kappa shape index (κ3) is 9.06. The topological polar surface area (TPSA) is 99.0 Å². The van der Waals surface area contributed by atoms with Gasteiger partial charge in [-0.15, -0.1) is 0 Å². The first kappa shape index (κ1) is 26.0. The minimum Gasteiger partial charge on any atom is -0.487 e. The highest BCUT2D eigenvalue weighted by molar-refractivity contribution is 5.75. The molecule has 0 spiro atoms. The van der Waals surface area contributed by atoms with Crippen LogP contribution in [0.5, 0.6) is 5.75 Å². The Bertz CT molecular complexity index is 741. The molecule has 1 amide bonds. The number of amides is 1. The molecule has 32 heavy (non-hydrogen) atoms. The number of alkyl halides is 2. The van der Waals surface area contributed by atoms with Gasteiger partial charge in [-0.1, -0.05) is 36.4 Å². The van der Waals surface area contributed by atoms with Crippen molar-refractivity contribution in [3.05, 3.63) is 54.6 Å². The van der Waals surface area contributed by atoms with Gasteiger partial charge in [0.1, 0.15) is 5.75 Å². The Labute approximate surface area is 187 Å². The summed E-state index contributed by atoms with van der Waals surface area (Å²) in [5, 5.41) is 31.7. The van der Waals surface area contributed by atoms with Crippen molar-refractivity contribution in [1.82, 2.24) is 5.32 Å². The summed E-state index contributed by atoms with van der Waals surface area (Å²) in [5.41, 5.74) is 0.